The number of piperazine rings is 3. The van der Waals surface area contributed by atoms with E-state index in [2.05, 4.69) is 45.5 Å². The molecule has 3 aliphatic rings. The molecule has 23 nitrogen and oxygen atoms in total. The van der Waals surface area contributed by atoms with Crippen LogP contribution in [0, 0.1) is 0 Å². The van der Waals surface area contributed by atoms with Crippen molar-refractivity contribution in [3.8, 4) is 0 Å². The number of hydrogen-bond donors (Lipinski definition) is 0. The average Bonchev–Trinajstić information content (AvgIpc) is 3.56. The summed E-state index contributed by atoms with van der Waals surface area (Å²) in [7, 11) is -10.8. The summed E-state index contributed by atoms with van der Waals surface area (Å²) < 4.78 is 145. The van der Waals surface area contributed by atoms with Gasteiger partial charge in [-0.1, -0.05) is 123 Å². The monoisotopic (exact) mass is 1320 g/mol. The van der Waals surface area contributed by atoms with Crippen LogP contribution in [0.15, 0.2) is 37.0 Å². The Bertz CT molecular complexity index is 2530. The Hall–Kier alpha value is -2.93. The zero-order chi connectivity index (χ0) is 66.0. The van der Waals surface area contributed by atoms with Gasteiger partial charge < -0.3 is 46.0 Å². The van der Waals surface area contributed by atoms with Gasteiger partial charge in [-0.2, -0.15) is 0 Å². The Morgan fingerprint density at radius 2 is 0.782 bits per heavy atom. The molecule has 3 saturated heterocycles. The number of quaternary nitrogens is 4. The van der Waals surface area contributed by atoms with Crippen LogP contribution in [0.3, 0.4) is 0 Å². The van der Waals surface area contributed by atoms with Crippen molar-refractivity contribution in [3.63, 3.8) is 0 Å². The molecule has 3 rings (SSSR count). The number of carbonyl (C=O) groups is 3. The number of ether oxygens (including phenoxy) is 2. The minimum atomic E-state index is -4.37. The lowest BCUT2D eigenvalue weighted by Gasteiger charge is -2.51. The maximum atomic E-state index is 12.6. The van der Waals surface area contributed by atoms with E-state index in [9.17, 15) is 66.3 Å². The quantitative estimate of drug-likeness (QED) is 0.0217. The molecule has 0 saturated carbocycles. The summed E-state index contributed by atoms with van der Waals surface area (Å²) in [5, 5.41) is 0. The summed E-state index contributed by atoms with van der Waals surface area (Å²) in [5.41, 5.74) is 0.708. The van der Waals surface area contributed by atoms with Crippen LogP contribution < -0.4 is 0 Å². The molecule has 0 N–H and O–H groups in total. The molecule has 0 spiro atoms. The van der Waals surface area contributed by atoms with Gasteiger partial charge >= 0.3 is 11.9 Å². The molecule has 0 aromatic heterocycles. The minimum Gasteiger partial charge on any atom is -0.748 e. The maximum absolute atomic E-state index is 12.6. The smallest absolute Gasteiger partial charge is 0.337 e. The van der Waals surface area contributed by atoms with Gasteiger partial charge in [0, 0.05) is 66.3 Å². The van der Waals surface area contributed by atoms with E-state index in [1.54, 1.807) is 18.7 Å². The maximum Gasteiger partial charge on any atom is 0.337 e. The summed E-state index contributed by atoms with van der Waals surface area (Å²) >= 11 is 0. The summed E-state index contributed by atoms with van der Waals surface area (Å²) in [6, 6.07) is 0. The van der Waals surface area contributed by atoms with Crippen LogP contribution in [0.25, 0.3) is 0 Å². The number of esters is 2. The zero-order valence-electron chi connectivity index (χ0n) is 54.3. The Kier molecular flexibility index (Phi) is 38.5. The van der Waals surface area contributed by atoms with Crippen molar-refractivity contribution in [2.45, 2.75) is 181 Å². The molecule has 2 atom stereocenters. The Morgan fingerprint density at radius 1 is 0.460 bits per heavy atom. The van der Waals surface area contributed by atoms with Gasteiger partial charge in [-0.3, -0.25) is 14.2 Å². The molecule has 87 heavy (non-hydrogen) atoms. The van der Waals surface area contributed by atoms with Crippen LogP contribution in [0.2, 0.25) is 0 Å². The predicted molar refractivity (Wildman–Crippen MR) is 336 cm³/mol. The SMILES string of the molecule is C=C(C)C(=O)OC(CCCCCCCCCC)N1CC[N+](C)(CCCS(=O)(=O)[O-])CC1.C=C(C)C(=O)OC(CCCCCCCCCC)[N+]1(CCCS(=O)(=O)[O-])CC[N+](C)(CCCS(=O)(=O)[O-])CC1.C=CC(=O)N1CC[N+](C)(CCCS(=O)(=O)[O-])CC1. The molecule has 510 valence electrons. The van der Waals surface area contributed by atoms with Crippen LogP contribution >= 0.6 is 0 Å². The van der Waals surface area contributed by atoms with E-state index in [0.29, 0.717) is 109 Å². The molecule has 0 bridgehead atoms. The molecule has 2 unspecified atom stereocenters. The lowest BCUT2D eigenvalue weighted by Crippen LogP contribution is -2.69. The van der Waals surface area contributed by atoms with Gasteiger partial charge in [-0.15, -0.1) is 0 Å². The molecule has 0 aromatic rings. The van der Waals surface area contributed by atoms with E-state index in [0.717, 1.165) is 82.3 Å². The number of likely N-dealkylation sites (N-methyl/N-ethyl adjacent to an activating group) is 3. The van der Waals surface area contributed by atoms with E-state index in [1.807, 2.05) is 14.1 Å². The first-order valence-corrected chi connectivity index (χ1v) is 38.2. The number of hydrogen-bond acceptors (Lipinski definition) is 18. The van der Waals surface area contributed by atoms with Gasteiger partial charge in [0.2, 0.25) is 12.1 Å². The highest BCUT2D eigenvalue weighted by Gasteiger charge is 2.46. The number of rotatable bonds is 41. The number of nitrogens with zero attached hydrogens (tertiary/aromatic N) is 6. The Morgan fingerprint density at radius 3 is 1.14 bits per heavy atom. The topological polar surface area (TPSA) is 305 Å². The molecule has 3 aliphatic heterocycles. The fourth-order valence-electron chi connectivity index (χ4n) is 11.5. The average molecular weight is 1320 g/mol. The van der Waals surface area contributed by atoms with Crippen molar-refractivity contribution in [3.05, 3.63) is 37.0 Å². The molecular formula is C60H114N6O17S4. The molecule has 0 aliphatic carbocycles. The number of unbranched alkanes of at least 4 members (excludes halogenated alkanes) is 14. The third-order valence-electron chi connectivity index (χ3n) is 17.4. The normalized spacial score (nSPS) is 20.6. The number of amides is 1. The predicted octanol–water partition coefficient (Wildman–Crippen LogP) is 6.17. The highest BCUT2D eigenvalue weighted by Crippen LogP contribution is 2.29. The summed E-state index contributed by atoms with van der Waals surface area (Å²) in [5.74, 6) is -2.37. The molecule has 1 amide bonds. The van der Waals surface area contributed by atoms with E-state index in [-0.39, 0.29) is 42.5 Å². The Balaban J connectivity index is 0.000000692. The van der Waals surface area contributed by atoms with Gasteiger partial charge in [0.25, 0.3) is 0 Å². The van der Waals surface area contributed by atoms with Crippen molar-refractivity contribution in [1.29, 1.82) is 0 Å². The van der Waals surface area contributed by atoms with Crippen molar-refractivity contribution in [1.82, 2.24) is 9.80 Å². The van der Waals surface area contributed by atoms with E-state index in [1.165, 1.54) is 76.7 Å². The first-order chi connectivity index (χ1) is 40.4. The van der Waals surface area contributed by atoms with Gasteiger partial charge in [0.15, 0.2) is 6.23 Å². The highest BCUT2D eigenvalue weighted by molar-refractivity contribution is 7.86. The largest absolute Gasteiger partial charge is 0.748 e. The molecule has 0 radical (unpaired) electrons. The number of carbonyl (C=O) groups excluding carboxylic acids is 3. The second-order valence-corrected chi connectivity index (χ2v) is 31.7. The lowest BCUT2D eigenvalue weighted by atomic mass is 10.0. The molecule has 3 heterocycles. The van der Waals surface area contributed by atoms with Crippen molar-refractivity contribution >= 4 is 58.3 Å². The molecule has 3 fully saturated rings. The fraction of sp³-hybridized carbons (Fsp3) is 0.850. The van der Waals surface area contributed by atoms with E-state index in [4.69, 9.17) is 9.47 Å². The van der Waals surface area contributed by atoms with Crippen LogP contribution in [-0.2, 0) is 64.3 Å². The highest BCUT2D eigenvalue weighted by atomic mass is 32.2. The van der Waals surface area contributed by atoms with Crippen molar-refractivity contribution in [2.75, 3.05) is 149 Å². The third-order valence-corrected chi connectivity index (χ3v) is 20.6. The summed E-state index contributed by atoms with van der Waals surface area (Å²) in [4.78, 5) is 40.1. The van der Waals surface area contributed by atoms with Gasteiger partial charge in [-0.05, 0) is 39.2 Å². The van der Waals surface area contributed by atoms with Crippen molar-refractivity contribution < 1.29 is 93.7 Å². The summed E-state index contributed by atoms with van der Waals surface area (Å²) in [6.07, 6.45) is 22.2. The first kappa shape index (κ1) is 82.1. The second-order valence-electron chi connectivity index (χ2n) is 25.6. The first-order valence-electron chi connectivity index (χ1n) is 31.9. The summed E-state index contributed by atoms with van der Waals surface area (Å²) in [6.45, 7) is 29.4. The van der Waals surface area contributed by atoms with Gasteiger partial charge in [0.1, 0.15) is 26.2 Å². The third kappa shape index (κ3) is 38.5. The van der Waals surface area contributed by atoms with Crippen LogP contribution in [-0.4, -0.2) is 259 Å². The molecule has 27 heteroatoms. The molecular weight excluding hydrogens is 1200 g/mol. The molecule has 0 aromatic carbocycles. The van der Waals surface area contributed by atoms with E-state index >= 15 is 0 Å². The lowest BCUT2D eigenvalue weighted by molar-refractivity contribution is -1.04. The van der Waals surface area contributed by atoms with Crippen molar-refractivity contribution in [2.24, 2.45) is 0 Å². The van der Waals surface area contributed by atoms with Crippen LogP contribution in [0.5, 0.6) is 0 Å². The second kappa shape index (κ2) is 40.8. The Labute approximate surface area is 526 Å². The van der Waals surface area contributed by atoms with E-state index < -0.39 is 64.2 Å². The standard InChI is InChI=1S/C26H50N2O8S2.C23H44N2O5S.C11H20N2O4S/c1-5-6-7-8-9-10-11-12-15-25(36-26(29)24(2)3)28(17-14-23-38(33,34)35)20-18-27(4,19-21-28)16-13-22-37(30,31)32;1-5-6-7-8-9-10-11-12-14-22(30-23(26)21(2)3)24-15-18-25(4,19-16-24)17-13-20-31(27,28)29;1-3-11(14)12-5-8-13(2,9-6-12)7-4-10-18(15,16)17/h25H,2,5-23H2,1,3-4H3;22H,2,5-20H2,1,3-4H3;3H,1,4-10H2,2H3. The zero-order valence-corrected chi connectivity index (χ0v) is 57.6. The van der Waals surface area contributed by atoms with Gasteiger partial charge in [-0.25, -0.2) is 43.3 Å². The minimum absolute atomic E-state index is 0.0663. The fourth-order valence-corrected chi connectivity index (χ4v) is 13.5. The van der Waals surface area contributed by atoms with Gasteiger partial charge in [0.05, 0.1) is 140 Å². The van der Waals surface area contributed by atoms with Crippen LogP contribution in [0.4, 0.5) is 0 Å². The van der Waals surface area contributed by atoms with Crippen LogP contribution in [0.1, 0.15) is 169 Å².